The predicted molar refractivity (Wildman–Crippen MR) is 73.1 cm³/mol. The van der Waals surface area contributed by atoms with Crippen molar-refractivity contribution in [2.45, 2.75) is 32.2 Å². The normalized spacial score (nSPS) is 22.5. The molecule has 3 nitrogen and oxygen atoms in total. The first-order valence-electron chi connectivity index (χ1n) is 6.08. The highest BCUT2D eigenvalue weighted by atomic mass is 79.9. The van der Waals surface area contributed by atoms with Gasteiger partial charge in [-0.1, -0.05) is 22.0 Å². The van der Waals surface area contributed by atoms with Gasteiger partial charge in [-0.25, -0.2) is 0 Å². The summed E-state index contributed by atoms with van der Waals surface area (Å²) in [5, 5.41) is 12.0. The van der Waals surface area contributed by atoms with E-state index in [1.807, 2.05) is 25.1 Å². The predicted octanol–water partition coefficient (Wildman–Crippen LogP) is 3.18. The van der Waals surface area contributed by atoms with Crippen LogP contribution in [0.2, 0.25) is 0 Å². The van der Waals surface area contributed by atoms with Gasteiger partial charge in [0.1, 0.15) is 0 Å². The Morgan fingerprint density at radius 2 is 2.28 bits per heavy atom. The number of hydrogen-bond acceptors (Lipinski definition) is 2. The summed E-state index contributed by atoms with van der Waals surface area (Å²) in [5.41, 5.74) is 1.62. The topological polar surface area (TPSA) is 52.9 Å². The fourth-order valence-corrected chi connectivity index (χ4v) is 2.73. The van der Waals surface area contributed by atoms with E-state index in [1.165, 1.54) is 0 Å². The number of nitriles is 1. The van der Waals surface area contributed by atoms with Crippen molar-refractivity contribution in [1.29, 1.82) is 5.26 Å². The monoisotopic (exact) mass is 306 g/mol. The van der Waals surface area contributed by atoms with Crippen molar-refractivity contribution in [2.24, 2.45) is 5.92 Å². The number of nitrogens with zero attached hydrogens (tertiary/aromatic N) is 1. The first kappa shape index (κ1) is 13.1. The minimum Gasteiger partial charge on any atom is -0.348 e. The van der Waals surface area contributed by atoms with Gasteiger partial charge in [-0.05, 0) is 43.9 Å². The van der Waals surface area contributed by atoms with E-state index in [2.05, 4.69) is 27.3 Å². The highest BCUT2D eigenvalue weighted by Crippen LogP contribution is 2.25. The number of nitrogens with one attached hydrogen (secondary N) is 1. The summed E-state index contributed by atoms with van der Waals surface area (Å²) in [4.78, 5) is 12.2. The molecule has 18 heavy (non-hydrogen) atoms. The maximum atomic E-state index is 12.2. The van der Waals surface area contributed by atoms with Crippen LogP contribution in [0.3, 0.4) is 0 Å². The van der Waals surface area contributed by atoms with E-state index in [1.54, 1.807) is 0 Å². The van der Waals surface area contributed by atoms with E-state index < -0.39 is 0 Å². The SMILES string of the molecule is Cc1ccc(Br)cc1C(=O)NC1CCCC1C#N. The van der Waals surface area contributed by atoms with Gasteiger partial charge in [0.2, 0.25) is 0 Å². The Balaban J connectivity index is 2.13. The molecule has 0 spiro atoms. The lowest BCUT2D eigenvalue weighted by Crippen LogP contribution is -2.37. The molecule has 2 atom stereocenters. The van der Waals surface area contributed by atoms with Crippen molar-refractivity contribution >= 4 is 21.8 Å². The lowest BCUT2D eigenvalue weighted by Gasteiger charge is -2.16. The molecule has 1 N–H and O–H groups in total. The summed E-state index contributed by atoms with van der Waals surface area (Å²) in [7, 11) is 0. The second-order valence-corrected chi connectivity index (χ2v) is 5.62. The third-order valence-electron chi connectivity index (χ3n) is 3.44. The van der Waals surface area contributed by atoms with Crippen LogP contribution in [-0.2, 0) is 0 Å². The molecule has 0 heterocycles. The van der Waals surface area contributed by atoms with Crippen LogP contribution in [0.5, 0.6) is 0 Å². The quantitative estimate of drug-likeness (QED) is 0.912. The Labute approximate surface area is 115 Å². The zero-order valence-corrected chi connectivity index (χ0v) is 11.8. The minimum absolute atomic E-state index is 0.000816. The molecule has 0 saturated heterocycles. The molecule has 1 aromatic rings. The van der Waals surface area contributed by atoms with Crippen molar-refractivity contribution in [2.75, 3.05) is 0 Å². The van der Waals surface area contributed by atoms with Gasteiger partial charge in [0.05, 0.1) is 12.0 Å². The van der Waals surface area contributed by atoms with Crippen LogP contribution in [0.4, 0.5) is 0 Å². The average molecular weight is 307 g/mol. The van der Waals surface area contributed by atoms with Gasteiger partial charge in [0, 0.05) is 16.1 Å². The summed E-state index contributed by atoms with van der Waals surface area (Å²) in [5.74, 6) is -0.123. The zero-order chi connectivity index (χ0) is 13.1. The molecule has 1 aliphatic carbocycles. The lowest BCUT2D eigenvalue weighted by molar-refractivity contribution is 0.0932. The molecular weight excluding hydrogens is 292 g/mol. The van der Waals surface area contributed by atoms with Gasteiger partial charge < -0.3 is 5.32 Å². The van der Waals surface area contributed by atoms with Gasteiger partial charge in [-0.15, -0.1) is 0 Å². The molecule has 1 saturated carbocycles. The highest BCUT2D eigenvalue weighted by molar-refractivity contribution is 9.10. The molecule has 4 heteroatoms. The number of aryl methyl sites for hydroxylation is 1. The van der Waals surface area contributed by atoms with E-state index >= 15 is 0 Å². The smallest absolute Gasteiger partial charge is 0.251 e. The summed E-state index contributed by atoms with van der Waals surface area (Å²) in [6.45, 7) is 1.91. The second kappa shape index (κ2) is 5.53. The molecule has 0 aliphatic heterocycles. The highest BCUT2D eigenvalue weighted by Gasteiger charge is 2.28. The third-order valence-corrected chi connectivity index (χ3v) is 3.94. The minimum atomic E-state index is -0.0825. The van der Waals surface area contributed by atoms with Gasteiger partial charge in [-0.2, -0.15) is 5.26 Å². The van der Waals surface area contributed by atoms with Gasteiger partial charge >= 0.3 is 0 Å². The van der Waals surface area contributed by atoms with Crippen LogP contribution in [-0.4, -0.2) is 11.9 Å². The maximum absolute atomic E-state index is 12.2. The van der Waals surface area contributed by atoms with Crippen LogP contribution >= 0.6 is 15.9 Å². The summed E-state index contributed by atoms with van der Waals surface area (Å²) in [6.07, 6.45) is 2.80. The molecule has 0 radical (unpaired) electrons. The molecule has 1 aliphatic rings. The van der Waals surface area contributed by atoms with Crippen LogP contribution < -0.4 is 5.32 Å². The number of carbonyl (C=O) groups is 1. The van der Waals surface area contributed by atoms with E-state index in [4.69, 9.17) is 5.26 Å². The summed E-state index contributed by atoms with van der Waals surface area (Å²) < 4.78 is 0.890. The Kier molecular flexibility index (Phi) is 4.03. The second-order valence-electron chi connectivity index (χ2n) is 4.71. The molecule has 94 valence electrons. The number of rotatable bonds is 2. The average Bonchev–Trinajstić information content (AvgIpc) is 2.79. The molecule has 2 rings (SSSR count). The van der Waals surface area contributed by atoms with Gasteiger partial charge in [-0.3, -0.25) is 4.79 Å². The van der Waals surface area contributed by atoms with Gasteiger partial charge in [0.15, 0.2) is 0 Å². The first-order valence-corrected chi connectivity index (χ1v) is 6.87. The largest absolute Gasteiger partial charge is 0.348 e. The number of carbonyl (C=O) groups excluding carboxylic acids is 1. The standard InChI is InChI=1S/C14H15BrN2O/c1-9-5-6-11(15)7-12(9)14(18)17-13-4-2-3-10(13)8-16/h5-7,10,13H,2-4H2,1H3,(H,17,18). The third kappa shape index (κ3) is 2.73. The Morgan fingerprint density at radius 1 is 1.50 bits per heavy atom. The van der Waals surface area contributed by atoms with E-state index in [0.717, 1.165) is 29.3 Å². The summed E-state index contributed by atoms with van der Waals surface area (Å²) >= 11 is 3.37. The van der Waals surface area contributed by atoms with Crippen molar-refractivity contribution in [3.8, 4) is 6.07 Å². The molecular formula is C14H15BrN2O. The van der Waals surface area contributed by atoms with E-state index in [9.17, 15) is 4.79 Å². The van der Waals surface area contributed by atoms with Crippen molar-refractivity contribution < 1.29 is 4.79 Å². The van der Waals surface area contributed by atoms with Crippen LogP contribution in [0.15, 0.2) is 22.7 Å². The number of amides is 1. The molecule has 0 bridgehead atoms. The Bertz CT molecular complexity index is 507. The zero-order valence-electron chi connectivity index (χ0n) is 10.2. The Hall–Kier alpha value is -1.34. The number of benzene rings is 1. The van der Waals surface area contributed by atoms with E-state index in [-0.39, 0.29) is 17.9 Å². The molecule has 2 unspecified atom stereocenters. The molecule has 1 amide bonds. The molecule has 1 fully saturated rings. The summed E-state index contributed by atoms with van der Waals surface area (Å²) in [6, 6.07) is 7.92. The van der Waals surface area contributed by atoms with Crippen molar-refractivity contribution in [3.05, 3.63) is 33.8 Å². The fourth-order valence-electron chi connectivity index (χ4n) is 2.37. The van der Waals surface area contributed by atoms with Crippen LogP contribution in [0.1, 0.15) is 35.2 Å². The van der Waals surface area contributed by atoms with E-state index in [0.29, 0.717) is 5.56 Å². The molecule has 0 aromatic heterocycles. The number of halogens is 1. The van der Waals surface area contributed by atoms with Crippen LogP contribution in [0, 0.1) is 24.2 Å². The molecule has 1 aromatic carbocycles. The maximum Gasteiger partial charge on any atom is 0.251 e. The fraction of sp³-hybridized carbons (Fsp3) is 0.429. The Morgan fingerprint density at radius 3 is 3.00 bits per heavy atom. The van der Waals surface area contributed by atoms with Crippen molar-refractivity contribution in [1.82, 2.24) is 5.32 Å². The lowest BCUT2D eigenvalue weighted by atomic mass is 10.0. The number of hydrogen-bond donors (Lipinski definition) is 1. The van der Waals surface area contributed by atoms with Crippen molar-refractivity contribution in [3.63, 3.8) is 0 Å². The van der Waals surface area contributed by atoms with Crippen LogP contribution in [0.25, 0.3) is 0 Å². The van der Waals surface area contributed by atoms with Gasteiger partial charge in [0.25, 0.3) is 5.91 Å². The first-order chi connectivity index (χ1) is 8.61.